The lowest BCUT2D eigenvalue weighted by atomic mass is 9.83. The van der Waals surface area contributed by atoms with Gasteiger partial charge in [-0.1, -0.05) is 38.7 Å². The highest BCUT2D eigenvalue weighted by Gasteiger charge is 2.24. The molecule has 90 valence electrons. The van der Waals surface area contributed by atoms with Gasteiger partial charge < -0.3 is 0 Å². The molecule has 1 atom stereocenters. The van der Waals surface area contributed by atoms with Crippen LogP contribution in [0.25, 0.3) is 0 Å². The molecule has 0 spiro atoms. The van der Waals surface area contributed by atoms with E-state index in [2.05, 4.69) is 13.0 Å². The minimum absolute atomic E-state index is 0.363. The van der Waals surface area contributed by atoms with Crippen LogP contribution >= 0.6 is 0 Å². The first-order valence-corrected chi connectivity index (χ1v) is 7.00. The fraction of sp³-hybridized carbons (Fsp3) is 0.800. The predicted octanol–water partition coefficient (Wildman–Crippen LogP) is 4.27. The van der Waals surface area contributed by atoms with Crippen LogP contribution in [-0.4, -0.2) is 5.78 Å². The van der Waals surface area contributed by atoms with E-state index in [1.54, 1.807) is 0 Å². The molecule has 0 aliphatic heterocycles. The summed E-state index contributed by atoms with van der Waals surface area (Å²) in [6, 6.07) is 0. The average molecular weight is 220 g/mol. The Kier molecular flexibility index (Phi) is 4.20. The lowest BCUT2D eigenvalue weighted by Gasteiger charge is -2.21. The summed E-state index contributed by atoms with van der Waals surface area (Å²) in [6.07, 6.45) is 13.1. The van der Waals surface area contributed by atoms with E-state index in [9.17, 15) is 4.79 Å². The van der Waals surface area contributed by atoms with Crippen molar-refractivity contribution in [1.29, 1.82) is 0 Å². The Labute approximate surface area is 99.3 Å². The van der Waals surface area contributed by atoms with Gasteiger partial charge in [-0.3, -0.25) is 4.79 Å². The second-order valence-electron chi connectivity index (χ2n) is 5.66. The molecular formula is C15H24O. The Hall–Kier alpha value is -0.590. The number of hydrogen-bond donors (Lipinski definition) is 0. The predicted molar refractivity (Wildman–Crippen MR) is 67.3 cm³/mol. The van der Waals surface area contributed by atoms with Crippen molar-refractivity contribution in [3.8, 4) is 0 Å². The number of ketones is 1. The van der Waals surface area contributed by atoms with Gasteiger partial charge in [0.05, 0.1) is 0 Å². The first-order chi connectivity index (χ1) is 7.77. The third-order valence-corrected chi connectivity index (χ3v) is 4.22. The molecule has 0 aromatic rings. The lowest BCUT2D eigenvalue weighted by molar-refractivity contribution is -0.119. The van der Waals surface area contributed by atoms with Crippen molar-refractivity contribution in [1.82, 2.24) is 0 Å². The van der Waals surface area contributed by atoms with Crippen molar-refractivity contribution in [3.05, 3.63) is 11.6 Å². The maximum absolute atomic E-state index is 12.3. The third kappa shape index (κ3) is 2.96. The van der Waals surface area contributed by atoms with Gasteiger partial charge >= 0.3 is 0 Å². The summed E-state index contributed by atoms with van der Waals surface area (Å²) in [4.78, 5) is 12.3. The van der Waals surface area contributed by atoms with Crippen LogP contribution in [0, 0.1) is 11.8 Å². The molecule has 0 aromatic carbocycles. The summed E-state index contributed by atoms with van der Waals surface area (Å²) in [5, 5.41) is 0. The van der Waals surface area contributed by atoms with Crippen molar-refractivity contribution in [2.24, 2.45) is 11.8 Å². The molecule has 0 amide bonds. The van der Waals surface area contributed by atoms with Crippen LogP contribution in [0.5, 0.6) is 0 Å². The fourth-order valence-corrected chi connectivity index (χ4v) is 2.99. The van der Waals surface area contributed by atoms with Crippen LogP contribution in [0.2, 0.25) is 0 Å². The zero-order valence-electron chi connectivity index (χ0n) is 10.5. The Morgan fingerprint density at radius 1 is 1.12 bits per heavy atom. The van der Waals surface area contributed by atoms with Gasteiger partial charge in [0, 0.05) is 5.92 Å². The molecule has 1 nitrogen and oxygen atoms in total. The minimum atomic E-state index is 0.363. The molecule has 2 aliphatic rings. The Balaban J connectivity index is 1.95. The SMILES string of the molecule is CC1CC=C(C(=O)C2CCCCCC2)CC1. The first-order valence-electron chi connectivity index (χ1n) is 7.00. The largest absolute Gasteiger partial charge is 0.294 e. The highest BCUT2D eigenvalue weighted by molar-refractivity contribution is 5.97. The third-order valence-electron chi connectivity index (χ3n) is 4.22. The van der Waals surface area contributed by atoms with Crippen LogP contribution in [-0.2, 0) is 4.79 Å². The second kappa shape index (κ2) is 5.65. The molecule has 16 heavy (non-hydrogen) atoms. The standard InChI is InChI=1S/C15H24O/c1-12-8-10-14(11-9-12)15(16)13-6-4-2-3-5-7-13/h10,12-13H,2-9,11H2,1H3. The zero-order chi connectivity index (χ0) is 11.4. The van der Waals surface area contributed by atoms with Gasteiger partial charge in [0.25, 0.3) is 0 Å². The maximum atomic E-state index is 12.3. The Bertz CT molecular complexity index is 269. The van der Waals surface area contributed by atoms with E-state index in [-0.39, 0.29) is 0 Å². The van der Waals surface area contributed by atoms with E-state index < -0.39 is 0 Å². The van der Waals surface area contributed by atoms with Crippen LogP contribution < -0.4 is 0 Å². The second-order valence-corrected chi connectivity index (χ2v) is 5.66. The van der Waals surface area contributed by atoms with Gasteiger partial charge in [-0.15, -0.1) is 0 Å². The van der Waals surface area contributed by atoms with Gasteiger partial charge in [-0.25, -0.2) is 0 Å². The van der Waals surface area contributed by atoms with Crippen LogP contribution in [0.1, 0.15) is 64.7 Å². The first kappa shape index (κ1) is 11.9. The Morgan fingerprint density at radius 2 is 1.81 bits per heavy atom. The summed E-state index contributed by atoms with van der Waals surface area (Å²) in [5.74, 6) is 1.64. The summed E-state index contributed by atoms with van der Waals surface area (Å²) in [6.45, 7) is 2.28. The highest BCUT2D eigenvalue weighted by Crippen LogP contribution is 2.30. The topological polar surface area (TPSA) is 17.1 Å². The molecule has 0 aromatic heterocycles. The molecule has 1 unspecified atom stereocenters. The van der Waals surface area contributed by atoms with Crippen LogP contribution in [0.4, 0.5) is 0 Å². The van der Waals surface area contributed by atoms with Crippen molar-refractivity contribution >= 4 is 5.78 Å². The van der Waals surface area contributed by atoms with Gasteiger partial charge in [0.2, 0.25) is 0 Å². The van der Waals surface area contributed by atoms with Crippen LogP contribution in [0.3, 0.4) is 0 Å². The van der Waals surface area contributed by atoms with Gasteiger partial charge in [-0.05, 0) is 43.6 Å². The number of allylic oxidation sites excluding steroid dienone is 2. The van der Waals surface area contributed by atoms with E-state index >= 15 is 0 Å². The van der Waals surface area contributed by atoms with E-state index in [0.717, 1.165) is 37.2 Å². The number of carbonyl (C=O) groups excluding carboxylic acids is 1. The number of Topliss-reactive ketones (excluding diaryl/α,β-unsaturated/α-hetero) is 1. The Morgan fingerprint density at radius 3 is 2.38 bits per heavy atom. The van der Waals surface area contributed by atoms with Crippen molar-refractivity contribution < 1.29 is 4.79 Å². The van der Waals surface area contributed by atoms with E-state index in [0.29, 0.717) is 11.7 Å². The minimum Gasteiger partial charge on any atom is -0.294 e. The van der Waals surface area contributed by atoms with Gasteiger partial charge in [0.1, 0.15) is 0 Å². The van der Waals surface area contributed by atoms with Crippen molar-refractivity contribution in [2.45, 2.75) is 64.7 Å². The summed E-state index contributed by atoms with van der Waals surface area (Å²) < 4.78 is 0. The number of carbonyl (C=O) groups is 1. The molecule has 0 saturated heterocycles. The zero-order valence-corrected chi connectivity index (χ0v) is 10.5. The maximum Gasteiger partial charge on any atom is 0.161 e. The molecule has 2 rings (SSSR count). The summed E-state index contributed by atoms with van der Waals surface area (Å²) >= 11 is 0. The van der Waals surface area contributed by atoms with Gasteiger partial charge in [0.15, 0.2) is 5.78 Å². The molecule has 1 heteroatoms. The van der Waals surface area contributed by atoms with Crippen molar-refractivity contribution in [3.63, 3.8) is 0 Å². The molecule has 0 radical (unpaired) electrons. The molecular weight excluding hydrogens is 196 g/mol. The molecule has 0 N–H and O–H groups in total. The van der Waals surface area contributed by atoms with E-state index in [4.69, 9.17) is 0 Å². The van der Waals surface area contributed by atoms with E-state index in [1.165, 1.54) is 32.1 Å². The fourth-order valence-electron chi connectivity index (χ4n) is 2.99. The highest BCUT2D eigenvalue weighted by atomic mass is 16.1. The molecule has 0 heterocycles. The number of hydrogen-bond acceptors (Lipinski definition) is 1. The van der Waals surface area contributed by atoms with Crippen molar-refractivity contribution in [2.75, 3.05) is 0 Å². The van der Waals surface area contributed by atoms with Crippen LogP contribution in [0.15, 0.2) is 11.6 Å². The number of rotatable bonds is 2. The smallest absolute Gasteiger partial charge is 0.161 e. The average Bonchev–Trinajstić information content (AvgIpc) is 2.57. The molecule has 1 fully saturated rings. The monoisotopic (exact) mass is 220 g/mol. The molecule has 1 saturated carbocycles. The molecule has 0 bridgehead atoms. The lowest BCUT2D eigenvalue weighted by Crippen LogP contribution is -2.18. The van der Waals surface area contributed by atoms with Gasteiger partial charge in [-0.2, -0.15) is 0 Å². The quantitative estimate of drug-likeness (QED) is 0.635. The summed E-state index contributed by atoms with van der Waals surface area (Å²) in [5.41, 5.74) is 1.16. The normalized spacial score (nSPS) is 28.3. The summed E-state index contributed by atoms with van der Waals surface area (Å²) in [7, 11) is 0. The van der Waals surface area contributed by atoms with E-state index in [1.807, 2.05) is 0 Å². The molecule has 2 aliphatic carbocycles.